The number of thiazole rings is 1. The highest BCUT2D eigenvalue weighted by Crippen LogP contribution is 2.23. The summed E-state index contributed by atoms with van der Waals surface area (Å²) in [6.07, 6.45) is -0.336. The molecule has 232 valence electrons. The normalized spacial score (nSPS) is 17.4. The number of aromatic nitrogens is 1. The molecule has 0 aliphatic carbocycles. The van der Waals surface area contributed by atoms with E-state index in [1.165, 1.54) is 39.8 Å². The lowest BCUT2D eigenvalue weighted by atomic mass is 10.0. The second kappa shape index (κ2) is 14.8. The fourth-order valence-electron chi connectivity index (χ4n) is 4.69. The van der Waals surface area contributed by atoms with E-state index in [2.05, 4.69) is 10.3 Å². The number of benzene rings is 2. The van der Waals surface area contributed by atoms with E-state index in [1.54, 1.807) is 23.8 Å². The number of sulfonamides is 1. The van der Waals surface area contributed by atoms with Crippen LogP contribution in [0, 0.1) is 5.92 Å². The van der Waals surface area contributed by atoms with Crippen LogP contribution in [0.1, 0.15) is 30.7 Å². The van der Waals surface area contributed by atoms with Crippen molar-refractivity contribution in [2.75, 3.05) is 26.7 Å². The zero-order valence-electron chi connectivity index (χ0n) is 24.5. The summed E-state index contributed by atoms with van der Waals surface area (Å²) in [5, 5.41) is 14.4. The SMILES string of the molecule is CC[C@@H](C)CN(C[C@@H](O)[C@H](Cc1ccccc1)NC(=O)[C@@H]1CN(Cc2cncs2)C(=O)O1)S(=O)(=O)c1ccc(OC)cc1. The standard InChI is InChI=1S/C30H38N4O7S2/c1-4-21(2)16-34(43(38,39)25-12-10-23(40-3)11-13-25)18-27(35)26(14-22-8-6-5-7-9-22)32-29(36)28-19-33(30(37)41-28)17-24-15-31-20-42-24/h5-13,15,20-21,26-28,35H,4,14,16-19H2,1-3H3,(H,32,36)/t21-,26+,27-,28+/m1/s1. The van der Waals surface area contributed by atoms with E-state index >= 15 is 0 Å². The molecule has 1 aliphatic heterocycles. The molecule has 1 aliphatic rings. The number of carbonyl (C=O) groups is 2. The van der Waals surface area contributed by atoms with E-state index in [9.17, 15) is 23.1 Å². The summed E-state index contributed by atoms with van der Waals surface area (Å²) in [6.45, 7) is 4.16. The van der Waals surface area contributed by atoms with Gasteiger partial charge in [0.1, 0.15) is 5.75 Å². The summed E-state index contributed by atoms with van der Waals surface area (Å²) in [5.41, 5.74) is 2.50. The van der Waals surface area contributed by atoms with E-state index < -0.39 is 40.3 Å². The highest BCUT2D eigenvalue weighted by Gasteiger charge is 2.38. The summed E-state index contributed by atoms with van der Waals surface area (Å²) in [4.78, 5) is 32.2. The number of nitrogens with zero attached hydrogens (tertiary/aromatic N) is 3. The zero-order valence-corrected chi connectivity index (χ0v) is 26.1. The van der Waals surface area contributed by atoms with E-state index in [4.69, 9.17) is 9.47 Å². The summed E-state index contributed by atoms with van der Waals surface area (Å²) >= 11 is 1.40. The Hall–Kier alpha value is -3.52. The number of nitrogens with one attached hydrogen (secondary N) is 1. The Morgan fingerprint density at radius 1 is 1.21 bits per heavy atom. The van der Waals surface area contributed by atoms with Gasteiger partial charge in [-0.2, -0.15) is 4.31 Å². The van der Waals surface area contributed by atoms with Gasteiger partial charge in [-0.25, -0.2) is 13.2 Å². The maximum Gasteiger partial charge on any atom is 0.411 e. The lowest BCUT2D eigenvalue weighted by Gasteiger charge is -2.31. The maximum absolute atomic E-state index is 13.8. The predicted octanol–water partition coefficient (Wildman–Crippen LogP) is 3.30. The van der Waals surface area contributed by atoms with Crippen molar-refractivity contribution in [2.45, 2.75) is 56.4 Å². The van der Waals surface area contributed by atoms with E-state index in [-0.39, 0.29) is 43.4 Å². The Labute approximate surface area is 256 Å². The fraction of sp³-hybridized carbons (Fsp3) is 0.433. The van der Waals surface area contributed by atoms with Gasteiger partial charge in [0.25, 0.3) is 5.91 Å². The van der Waals surface area contributed by atoms with Crippen molar-refractivity contribution in [3.8, 4) is 5.75 Å². The molecule has 4 atom stereocenters. The smallest absolute Gasteiger partial charge is 0.411 e. The minimum absolute atomic E-state index is 0.0183. The Balaban J connectivity index is 1.53. The topological polar surface area (TPSA) is 138 Å². The Morgan fingerprint density at radius 3 is 2.56 bits per heavy atom. The number of amides is 2. The van der Waals surface area contributed by atoms with Crippen LogP contribution >= 0.6 is 11.3 Å². The van der Waals surface area contributed by atoms with Crippen molar-refractivity contribution in [1.82, 2.24) is 19.5 Å². The first kappa shape index (κ1) is 32.4. The Morgan fingerprint density at radius 2 is 1.93 bits per heavy atom. The van der Waals surface area contributed by atoms with Gasteiger partial charge in [0.2, 0.25) is 10.0 Å². The van der Waals surface area contributed by atoms with Crippen molar-refractivity contribution in [3.63, 3.8) is 0 Å². The molecule has 4 rings (SSSR count). The van der Waals surface area contributed by atoms with Gasteiger partial charge >= 0.3 is 6.09 Å². The summed E-state index contributed by atoms with van der Waals surface area (Å²) < 4.78 is 39.3. The number of cyclic esters (lactones) is 1. The molecule has 0 saturated carbocycles. The lowest BCUT2D eigenvalue weighted by Crippen LogP contribution is -2.53. The number of aliphatic hydroxyl groups excluding tert-OH is 1. The minimum Gasteiger partial charge on any atom is -0.497 e. The molecule has 11 nitrogen and oxygen atoms in total. The third kappa shape index (κ3) is 8.53. The summed E-state index contributed by atoms with van der Waals surface area (Å²) in [7, 11) is -2.49. The molecule has 2 amide bonds. The lowest BCUT2D eigenvalue weighted by molar-refractivity contribution is -0.129. The molecule has 2 aromatic carbocycles. The highest BCUT2D eigenvalue weighted by atomic mass is 32.2. The number of carbonyl (C=O) groups excluding carboxylic acids is 2. The van der Waals surface area contributed by atoms with Gasteiger partial charge in [-0.15, -0.1) is 11.3 Å². The van der Waals surface area contributed by atoms with Crippen LogP contribution in [0.3, 0.4) is 0 Å². The van der Waals surface area contributed by atoms with Gasteiger partial charge in [-0.05, 0) is 42.2 Å². The summed E-state index contributed by atoms with van der Waals surface area (Å²) in [5.74, 6) is -0.0206. The quantitative estimate of drug-likeness (QED) is 0.261. The first-order chi connectivity index (χ1) is 20.6. The third-order valence-electron chi connectivity index (χ3n) is 7.40. The number of ether oxygens (including phenoxy) is 2. The maximum atomic E-state index is 13.8. The molecule has 2 heterocycles. The average Bonchev–Trinajstić information content (AvgIpc) is 3.66. The molecule has 0 radical (unpaired) electrons. The van der Waals surface area contributed by atoms with Crippen LogP contribution < -0.4 is 10.1 Å². The number of hydrogen-bond donors (Lipinski definition) is 2. The third-order valence-corrected chi connectivity index (χ3v) is 10.0. The monoisotopic (exact) mass is 630 g/mol. The number of hydrogen-bond acceptors (Lipinski definition) is 9. The molecule has 3 aromatic rings. The molecule has 13 heteroatoms. The minimum atomic E-state index is -3.99. The van der Waals surface area contributed by atoms with Crippen LogP contribution in [-0.4, -0.2) is 84.7 Å². The summed E-state index contributed by atoms with van der Waals surface area (Å²) in [6, 6.07) is 14.5. The first-order valence-electron chi connectivity index (χ1n) is 14.1. The molecule has 1 fully saturated rings. The van der Waals surface area contributed by atoms with Crippen LogP contribution in [0.25, 0.3) is 0 Å². The molecule has 0 bridgehead atoms. The van der Waals surface area contributed by atoms with Crippen molar-refractivity contribution >= 4 is 33.4 Å². The van der Waals surface area contributed by atoms with Crippen LogP contribution in [-0.2, 0) is 32.5 Å². The van der Waals surface area contributed by atoms with Gasteiger partial charge in [0, 0.05) is 24.2 Å². The van der Waals surface area contributed by atoms with Gasteiger partial charge in [0.05, 0.1) is 42.8 Å². The van der Waals surface area contributed by atoms with Crippen molar-refractivity contribution in [1.29, 1.82) is 0 Å². The van der Waals surface area contributed by atoms with Gasteiger partial charge in [-0.3, -0.25) is 14.7 Å². The number of rotatable bonds is 15. The molecule has 1 aromatic heterocycles. The second-order valence-corrected chi connectivity index (χ2v) is 13.5. The first-order valence-corrected chi connectivity index (χ1v) is 16.4. The second-order valence-electron chi connectivity index (χ2n) is 10.6. The molecule has 43 heavy (non-hydrogen) atoms. The van der Waals surface area contributed by atoms with Crippen molar-refractivity contribution < 1.29 is 32.6 Å². The van der Waals surface area contributed by atoms with E-state index in [0.29, 0.717) is 5.75 Å². The Bertz CT molecular complexity index is 1440. The largest absolute Gasteiger partial charge is 0.497 e. The molecule has 0 unspecified atom stereocenters. The average molecular weight is 631 g/mol. The van der Waals surface area contributed by atoms with Crippen LogP contribution in [0.2, 0.25) is 0 Å². The van der Waals surface area contributed by atoms with E-state index in [1.807, 2.05) is 44.2 Å². The van der Waals surface area contributed by atoms with Gasteiger partial charge in [-0.1, -0.05) is 50.6 Å². The van der Waals surface area contributed by atoms with E-state index in [0.717, 1.165) is 16.9 Å². The molecule has 1 saturated heterocycles. The van der Waals surface area contributed by atoms with Crippen molar-refractivity contribution in [2.24, 2.45) is 5.92 Å². The number of methoxy groups -OCH3 is 1. The zero-order chi connectivity index (χ0) is 31.0. The fourth-order valence-corrected chi connectivity index (χ4v) is 6.88. The Kier molecular flexibility index (Phi) is 11.1. The predicted molar refractivity (Wildman–Crippen MR) is 162 cm³/mol. The molecule has 0 spiro atoms. The highest BCUT2D eigenvalue weighted by molar-refractivity contribution is 7.89. The van der Waals surface area contributed by atoms with Gasteiger partial charge < -0.3 is 19.9 Å². The van der Waals surface area contributed by atoms with Crippen LogP contribution in [0.4, 0.5) is 4.79 Å². The van der Waals surface area contributed by atoms with Gasteiger partial charge in [0.15, 0.2) is 6.10 Å². The number of aliphatic hydroxyl groups is 1. The molecular formula is C30H38N4O7S2. The molecular weight excluding hydrogens is 592 g/mol. The van der Waals surface area contributed by atoms with Crippen molar-refractivity contribution in [3.05, 3.63) is 76.7 Å². The van der Waals surface area contributed by atoms with Crippen LogP contribution in [0.15, 0.2) is 71.2 Å². The van der Waals surface area contributed by atoms with Crippen LogP contribution in [0.5, 0.6) is 5.75 Å². The molecule has 2 N–H and O–H groups in total.